The zero-order chi connectivity index (χ0) is 8.15. The third-order valence-corrected chi connectivity index (χ3v) is 0.796. The minimum atomic E-state index is -0.469. The molecule has 0 amide bonds. The summed E-state index contributed by atoms with van der Waals surface area (Å²) in [6.07, 6.45) is 0. The lowest BCUT2D eigenvalue weighted by Crippen LogP contribution is -2.18. The fraction of sp³-hybridized carbons (Fsp3) is 0.286. The van der Waals surface area contributed by atoms with E-state index < -0.39 is 5.97 Å². The molecule has 3 heteroatoms. The number of rotatable bonds is 3. The summed E-state index contributed by atoms with van der Waals surface area (Å²) in [5.41, 5.74) is 0.866. The van der Waals surface area contributed by atoms with Gasteiger partial charge in [0.25, 0.3) is 0 Å². The molecule has 0 aliphatic carbocycles. The summed E-state index contributed by atoms with van der Waals surface area (Å²) in [6.45, 7) is 8.68. The molecule has 0 spiro atoms. The van der Waals surface area contributed by atoms with Crippen molar-refractivity contribution in [2.24, 2.45) is 0 Å². The number of carbonyl (C=O) groups is 1. The Morgan fingerprint density at radius 3 is 2.30 bits per heavy atom. The minimum absolute atomic E-state index is 0.204. The van der Waals surface area contributed by atoms with E-state index in [0.717, 1.165) is 0 Å². The normalized spacial score (nSPS) is 8.20. The molecule has 1 N–H and O–H groups in total. The second-order valence-corrected chi connectivity index (χ2v) is 1.88. The van der Waals surface area contributed by atoms with Crippen LogP contribution in [0.15, 0.2) is 24.6 Å². The first-order valence-electron chi connectivity index (χ1n) is 2.77. The molecule has 10 heavy (non-hydrogen) atoms. The molecule has 0 aliphatic rings. The largest absolute Gasteiger partial charge is 0.464 e. The summed E-state index contributed by atoms with van der Waals surface area (Å²) in [6, 6.07) is 0. The first-order valence-corrected chi connectivity index (χ1v) is 2.77. The molecular formula is C7H11NO2. The van der Waals surface area contributed by atoms with Crippen molar-refractivity contribution in [3.05, 3.63) is 24.6 Å². The van der Waals surface area contributed by atoms with Gasteiger partial charge in [-0.3, -0.25) is 0 Å². The van der Waals surface area contributed by atoms with Gasteiger partial charge in [0.05, 0.1) is 7.11 Å². The Hall–Kier alpha value is -1.25. The van der Waals surface area contributed by atoms with Crippen LogP contribution in [0, 0.1) is 0 Å². The number of hydrogen-bond acceptors (Lipinski definition) is 3. The van der Waals surface area contributed by atoms with Crippen LogP contribution in [-0.2, 0) is 9.53 Å². The van der Waals surface area contributed by atoms with E-state index >= 15 is 0 Å². The summed E-state index contributed by atoms with van der Waals surface area (Å²) in [4.78, 5) is 10.6. The average molecular weight is 141 g/mol. The highest BCUT2D eigenvalue weighted by atomic mass is 16.5. The SMILES string of the molecule is C=C(C)NC(=C)C(=O)OC. The molecule has 0 unspecified atom stereocenters. The summed E-state index contributed by atoms with van der Waals surface area (Å²) in [5, 5.41) is 2.63. The molecular weight excluding hydrogens is 130 g/mol. The lowest BCUT2D eigenvalue weighted by atomic mass is 10.4. The van der Waals surface area contributed by atoms with Gasteiger partial charge >= 0.3 is 5.97 Å². The third-order valence-electron chi connectivity index (χ3n) is 0.796. The van der Waals surface area contributed by atoms with Gasteiger partial charge in [-0.25, -0.2) is 4.79 Å². The molecule has 0 saturated heterocycles. The van der Waals surface area contributed by atoms with Crippen LogP contribution in [0.1, 0.15) is 6.92 Å². The number of carbonyl (C=O) groups excluding carboxylic acids is 1. The number of methoxy groups -OCH3 is 1. The quantitative estimate of drug-likeness (QED) is 0.466. The summed E-state index contributed by atoms with van der Waals surface area (Å²) in [5.74, 6) is -0.469. The second-order valence-electron chi connectivity index (χ2n) is 1.88. The van der Waals surface area contributed by atoms with Crippen LogP contribution in [-0.4, -0.2) is 13.1 Å². The van der Waals surface area contributed by atoms with Crippen molar-refractivity contribution in [3.8, 4) is 0 Å². The lowest BCUT2D eigenvalue weighted by molar-refractivity contribution is -0.136. The lowest BCUT2D eigenvalue weighted by Gasteiger charge is -2.04. The van der Waals surface area contributed by atoms with Crippen molar-refractivity contribution in [1.29, 1.82) is 0 Å². The van der Waals surface area contributed by atoms with Crippen molar-refractivity contribution in [2.45, 2.75) is 6.92 Å². The number of nitrogens with one attached hydrogen (secondary N) is 1. The van der Waals surface area contributed by atoms with Crippen LogP contribution in [0.4, 0.5) is 0 Å². The molecule has 0 aliphatic heterocycles. The Bertz CT molecular complexity index is 172. The van der Waals surface area contributed by atoms with Crippen LogP contribution in [0.2, 0.25) is 0 Å². The van der Waals surface area contributed by atoms with Gasteiger partial charge < -0.3 is 10.1 Å². The predicted octanol–water partition coefficient (Wildman–Crippen LogP) is 0.796. The smallest absolute Gasteiger partial charge is 0.353 e. The van der Waals surface area contributed by atoms with E-state index in [4.69, 9.17) is 0 Å². The number of ether oxygens (including phenoxy) is 1. The molecule has 0 aromatic rings. The van der Waals surface area contributed by atoms with E-state index in [-0.39, 0.29) is 5.70 Å². The molecule has 0 aromatic carbocycles. The van der Waals surface area contributed by atoms with E-state index in [1.165, 1.54) is 7.11 Å². The monoisotopic (exact) mass is 141 g/mol. The second kappa shape index (κ2) is 3.71. The van der Waals surface area contributed by atoms with E-state index in [1.54, 1.807) is 6.92 Å². The van der Waals surface area contributed by atoms with Gasteiger partial charge in [-0.15, -0.1) is 0 Å². The Balaban J connectivity index is 3.86. The summed E-state index contributed by atoms with van der Waals surface area (Å²) in [7, 11) is 1.30. The van der Waals surface area contributed by atoms with Gasteiger partial charge in [0.15, 0.2) is 0 Å². The molecule has 0 bridgehead atoms. The maximum Gasteiger partial charge on any atom is 0.353 e. The number of esters is 1. The molecule has 0 aromatic heterocycles. The van der Waals surface area contributed by atoms with Crippen LogP contribution < -0.4 is 5.32 Å². The van der Waals surface area contributed by atoms with Crippen LogP contribution in [0.5, 0.6) is 0 Å². The molecule has 0 atom stereocenters. The molecule has 0 heterocycles. The Labute approximate surface area is 60.4 Å². The molecule has 0 fully saturated rings. The zero-order valence-corrected chi connectivity index (χ0v) is 6.23. The molecule has 56 valence electrons. The van der Waals surface area contributed by atoms with Gasteiger partial charge in [0.1, 0.15) is 5.70 Å². The highest BCUT2D eigenvalue weighted by Crippen LogP contribution is 1.91. The Kier molecular flexibility index (Phi) is 3.25. The van der Waals surface area contributed by atoms with Crippen molar-refractivity contribution < 1.29 is 9.53 Å². The summed E-state index contributed by atoms with van der Waals surface area (Å²) >= 11 is 0. The average Bonchev–Trinajstić information content (AvgIpc) is 1.85. The Morgan fingerprint density at radius 1 is 1.50 bits per heavy atom. The highest BCUT2D eigenvalue weighted by molar-refractivity contribution is 5.87. The first-order chi connectivity index (χ1) is 4.57. The van der Waals surface area contributed by atoms with Gasteiger partial charge in [-0.1, -0.05) is 13.2 Å². The Morgan fingerprint density at radius 2 is 2.00 bits per heavy atom. The van der Waals surface area contributed by atoms with Gasteiger partial charge in [-0.2, -0.15) is 0 Å². The van der Waals surface area contributed by atoms with Gasteiger partial charge in [0.2, 0.25) is 0 Å². The van der Waals surface area contributed by atoms with Crippen molar-refractivity contribution >= 4 is 5.97 Å². The highest BCUT2D eigenvalue weighted by Gasteiger charge is 2.03. The van der Waals surface area contributed by atoms with Crippen LogP contribution in [0.3, 0.4) is 0 Å². The van der Waals surface area contributed by atoms with Crippen LogP contribution in [0.25, 0.3) is 0 Å². The fourth-order valence-electron chi connectivity index (χ4n) is 0.432. The van der Waals surface area contributed by atoms with E-state index in [0.29, 0.717) is 5.70 Å². The number of hydrogen-bond donors (Lipinski definition) is 1. The maximum absolute atomic E-state index is 10.6. The summed E-state index contributed by atoms with van der Waals surface area (Å²) < 4.78 is 4.37. The van der Waals surface area contributed by atoms with E-state index in [2.05, 4.69) is 23.2 Å². The van der Waals surface area contributed by atoms with Crippen molar-refractivity contribution in [3.63, 3.8) is 0 Å². The standard InChI is InChI=1S/C7H11NO2/c1-5(2)8-6(3)7(9)10-4/h8H,1,3H2,2,4H3. The van der Waals surface area contributed by atoms with Crippen molar-refractivity contribution in [1.82, 2.24) is 5.32 Å². The molecule has 0 radical (unpaired) electrons. The molecule has 0 rings (SSSR count). The molecule has 0 saturated carbocycles. The minimum Gasteiger partial charge on any atom is -0.464 e. The topological polar surface area (TPSA) is 38.3 Å². The van der Waals surface area contributed by atoms with Gasteiger partial charge in [-0.05, 0) is 6.92 Å². The fourth-order valence-corrected chi connectivity index (χ4v) is 0.432. The molecule has 3 nitrogen and oxygen atoms in total. The third kappa shape index (κ3) is 2.91. The first kappa shape index (κ1) is 8.75. The predicted molar refractivity (Wildman–Crippen MR) is 39.1 cm³/mol. The number of allylic oxidation sites excluding steroid dienone is 1. The van der Waals surface area contributed by atoms with Gasteiger partial charge in [0, 0.05) is 5.70 Å². The zero-order valence-electron chi connectivity index (χ0n) is 6.23. The van der Waals surface area contributed by atoms with Crippen LogP contribution >= 0.6 is 0 Å². The van der Waals surface area contributed by atoms with E-state index in [9.17, 15) is 4.79 Å². The van der Waals surface area contributed by atoms with E-state index in [1.807, 2.05) is 0 Å². The maximum atomic E-state index is 10.6. The van der Waals surface area contributed by atoms with Crippen molar-refractivity contribution in [2.75, 3.05) is 7.11 Å².